The van der Waals surface area contributed by atoms with E-state index in [-0.39, 0.29) is 46.2 Å². The summed E-state index contributed by atoms with van der Waals surface area (Å²) in [6.45, 7) is 0. The molecule has 0 saturated carbocycles. The molecule has 0 spiro atoms. The molecule has 0 aliphatic carbocycles. The van der Waals surface area contributed by atoms with Gasteiger partial charge in [0.1, 0.15) is 0 Å². The summed E-state index contributed by atoms with van der Waals surface area (Å²) in [6.07, 6.45) is 1.75. The van der Waals surface area contributed by atoms with Gasteiger partial charge in [-0.2, -0.15) is 0 Å². The van der Waals surface area contributed by atoms with Crippen molar-refractivity contribution in [3.63, 3.8) is 0 Å². The van der Waals surface area contributed by atoms with Crippen LogP contribution in [0.25, 0.3) is 0 Å². The summed E-state index contributed by atoms with van der Waals surface area (Å²) < 4.78 is 0. The Balaban J connectivity index is 0.00000261. The molecule has 3 aromatic carbocycles. The van der Waals surface area contributed by atoms with Crippen LogP contribution < -0.4 is 5.32 Å². The van der Waals surface area contributed by atoms with Gasteiger partial charge in [0.15, 0.2) is 0 Å². The Morgan fingerprint density at radius 2 is 1.52 bits per heavy atom. The molecule has 0 heterocycles. The fraction of sp³-hybridized carbons (Fsp3) is 0.0952. The van der Waals surface area contributed by atoms with Gasteiger partial charge in [0.2, 0.25) is 0 Å². The molecule has 0 radical (unpaired) electrons. The van der Waals surface area contributed by atoms with Gasteiger partial charge in [0.25, 0.3) is 0 Å². The molecule has 136 valence electrons. The van der Waals surface area contributed by atoms with Crippen LogP contribution in [0.2, 0.25) is 10.0 Å². The Morgan fingerprint density at radius 3 is 2.19 bits per heavy atom. The van der Waals surface area contributed by atoms with E-state index in [4.69, 9.17) is 23.2 Å². The van der Waals surface area contributed by atoms with E-state index >= 15 is 0 Å². The van der Waals surface area contributed by atoms with Crippen LogP contribution in [0.1, 0.15) is 24.3 Å². The van der Waals surface area contributed by atoms with Gasteiger partial charge in [-0.3, -0.25) is 0 Å². The van der Waals surface area contributed by atoms with Gasteiger partial charge >= 0.3 is 43.7 Å². The predicted molar refractivity (Wildman–Crippen MR) is 115 cm³/mol. The zero-order valence-corrected chi connectivity index (χ0v) is 18.3. The number of aryl methyl sites for hydroxylation is 2. The summed E-state index contributed by atoms with van der Waals surface area (Å²) in [5.74, 6) is -0.952. The van der Waals surface area contributed by atoms with Gasteiger partial charge in [0, 0.05) is 5.69 Å². The van der Waals surface area contributed by atoms with E-state index in [9.17, 15) is 9.90 Å². The fourth-order valence-corrected chi connectivity index (χ4v) is 2.99. The number of halogens is 2. The summed E-state index contributed by atoms with van der Waals surface area (Å²) in [7, 11) is 0. The van der Waals surface area contributed by atoms with Crippen molar-refractivity contribution in [1.29, 1.82) is 0 Å². The Morgan fingerprint density at radius 1 is 0.889 bits per heavy atom. The van der Waals surface area contributed by atoms with Crippen molar-refractivity contribution in [2.24, 2.45) is 0 Å². The third-order valence-electron chi connectivity index (χ3n) is 4.08. The Kier molecular flexibility index (Phi) is 8.46. The molecule has 0 bridgehead atoms. The quantitative estimate of drug-likeness (QED) is 0.469. The standard InChI is InChI=1S/C21H17Cl2NO2.Ca.2H/c22-18-12-9-15(13-19(18)23)6-5-14-7-10-16(11-8-14)24-20-4-2-1-3-17(20)21(25)26;;;/h1-4,7-13,24H,5-6H2,(H,25,26);;;/q;+2;2*-1. The number of hydrogen-bond donors (Lipinski definition) is 2. The third kappa shape index (κ3) is 6.13. The second kappa shape index (κ2) is 10.4. The first-order valence-electron chi connectivity index (χ1n) is 8.15. The maximum absolute atomic E-state index is 11.3. The molecule has 27 heavy (non-hydrogen) atoms. The van der Waals surface area contributed by atoms with Gasteiger partial charge in [-0.05, 0) is 60.4 Å². The molecule has 0 aromatic heterocycles. The molecule has 2 N–H and O–H groups in total. The minimum atomic E-state index is -0.952. The Hall–Kier alpha value is -1.23. The summed E-state index contributed by atoms with van der Waals surface area (Å²) in [5.41, 5.74) is 3.99. The third-order valence-corrected chi connectivity index (χ3v) is 4.82. The van der Waals surface area contributed by atoms with Gasteiger partial charge in [-0.1, -0.05) is 53.5 Å². The van der Waals surface area contributed by atoms with Crippen LogP contribution in [0.3, 0.4) is 0 Å². The van der Waals surface area contributed by atoms with E-state index < -0.39 is 5.97 Å². The van der Waals surface area contributed by atoms with Crippen molar-refractivity contribution in [2.75, 3.05) is 5.32 Å². The number of carboxylic acids is 1. The van der Waals surface area contributed by atoms with E-state index in [0.29, 0.717) is 15.7 Å². The van der Waals surface area contributed by atoms with Crippen molar-refractivity contribution in [2.45, 2.75) is 12.8 Å². The first-order chi connectivity index (χ1) is 12.5. The average molecular weight is 428 g/mol. The minimum absolute atomic E-state index is 0. The molecule has 0 atom stereocenters. The van der Waals surface area contributed by atoms with Crippen molar-refractivity contribution < 1.29 is 12.8 Å². The maximum atomic E-state index is 11.3. The number of aromatic carboxylic acids is 1. The monoisotopic (exact) mass is 427 g/mol. The van der Waals surface area contributed by atoms with Crippen LogP contribution in [0, 0.1) is 0 Å². The van der Waals surface area contributed by atoms with E-state index in [2.05, 4.69) is 5.32 Å². The smallest absolute Gasteiger partial charge is 1.00 e. The number of rotatable bonds is 6. The normalized spacial score (nSPS) is 10.1. The van der Waals surface area contributed by atoms with Crippen molar-refractivity contribution in [3.05, 3.63) is 93.5 Å². The van der Waals surface area contributed by atoms with Crippen molar-refractivity contribution >= 4 is 78.3 Å². The molecule has 3 rings (SSSR count). The SMILES string of the molecule is O=C(O)c1ccccc1Nc1ccc(CCc2ccc(Cl)c(Cl)c2)cc1.[Ca+2].[H-].[H-]. The molecular formula is C21H19CaCl2NO2. The topological polar surface area (TPSA) is 49.3 Å². The molecular weight excluding hydrogens is 409 g/mol. The first kappa shape index (κ1) is 22.1. The van der Waals surface area contributed by atoms with Gasteiger partial charge in [0.05, 0.1) is 21.3 Å². The van der Waals surface area contributed by atoms with Crippen LogP contribution in [0.15, 0.2) is 66.7 Å². The number of benzene rings is 3. The zero-order valence-electron chi connectivity index (χ0n) is 16.6. The zero-order chi connectivity index (χ0) is 18.5. The molecule has 0 unspecified atom stereocenters. The fourth-order valence-electron chi connectivity index (χ4n) is 2.67. The number of para-hydroxylation sites is 1. The largest absolute Gasteiger partial charge is 2.00 e. The number of carboxylic acid groups (broad SMARTS) is 1. The van der Waals surface area contributed by atoms with E-state index in [1.807, 2.05) is 42.5 Å². The second-order valence-electron chi connectivity index (χ2n) is 5.92. The van der Waals surface area contributed by atoms with Crippen molar-refractivity contribution in [1.82, 2.24) is 0 Å². The Bertz CT molecular complexity index is 940. The molecule has 0 aliphatic rings. The summed E-state index contributed by atoms with van der Waals surface area (Å²) in [6, 6.07) is 20.5. The number of carbonyl (C=O) groups is 1. The van der Waals surface area contributed by atoms with E-state index in [1.54, 1.807) is 24.3 Å². The van der Waals surface area contributed by atoms with Gasteiger partial charge in [-0.25, -0.2) is 4.79 Å². The van der Waals surface area contributed by atoms with Crippen molar-refractivity contribution in [3.8, 4) is 0 Å². The van der Waals surface area contributed by atoms with Gasteiger partial charge in [-0.15, -0.1) is 0 Å². The molecule has 0 fully saturated rings. The predicted octanol–water partition coefficient (Wildman–Crippen LogP) is 6.06. The molecule has 0 saturated heterocycles. The molecule has 0 amide bonds. The van der Waals surface area contributed by atoms with Crippen LogP contribution in [-0.4, -0.2) is 48.8 Å². The minimum Gasteiger partial charge on any atom is -1.00 e. The van der Waals surface area contributed by atoms with Crippen LogP contribution >= 0.6 is 23.2 Å². The van der Waals surface area contributed by atoms with Crippen LogP contribution in [0.5, 0.6) is 0 Å². The molecule has 0 aliphatic heterocycles. The summed E-state index contributed by atoms with van der Waals surface area (Å²) >= 11 is 12.0. The Labute approximate surface area is 201 Å². The van der Waals surface area contributed by atoms with Crippen LogP contribution in [-0.2, 0) is 12.8 Å². The summed E-state index contributed by atoms with van der Waals surface area (Å²) in [5, 5.41) is 13.5. The molecule has 3 aromatic rings. The second-order valence-corrected chi connectivity index (χ2v) is 6.74. The molecule has 6 heteroatoms. The van der Waals surface area contributed by atoms with E-state index in [1.165, 1.54) is 5.56 Å². The van der Waals surface area contributed by atoms with Crippen LogP contribution in [0.4, 0.5) is 11.4 Å². The maximum Gasteiger partial charge on any atom is 2.00 e. The number of nitrogens with one attached hydrogen (secondary N) is 1. The number of anilines is 2. The summed E-state index contributed by atoms with van der Waals surface area (Å²) in [4.78, 5) is 11.3. The average Bonchev–Trinajstić information content (AvgIpc) is 2.64. The number of hydrogen-bond acceptors (Lipinski definition) is 2. The van der Waals surface area contributed by atoms with E-state index in [0.717, 1.165) is 24.1 Å². The molecule has 3 nitrogen and oxygen atoms in total. The van der Waals surface area contributed by atoms with Gasteiger partial charge < -0.3 is 13.3 Å². The first-order valence-corrected chi connectivity index (χ1v) is 8.91.